The minimum atomic E-state index is -0.668. The average Bonchev–Trinajstić information content (AvgIpc) is 2.27. The topological polar surface area (TPSA) is 55.1 Å². The summed E-state index contributed by atoms with van der Waals surface area (Å²) < 4.78 is 26.1. The first-order valence-corrected chi connectivity index (χ1v) is 5.41. The molecule has 0 fully saturated rings. The van der Waals surface area contributed by atoms with Crippen LogP contribution in [0.1, 0.15) is 25.5 Å². The molecule has 0 aromatic heterocycles. The van der Waals surface area contributed by atoms with E-state index < -0.39 is 17.7 Å². The van der Waals surface area contributed by atoms with E-state index >= 15 is 0 Å². The van der Waals surface area contributed by atoms with Crippen LogP contribution >= 0.6 is 0 Å². The molecule has 0 aliphatic heterocycles. The quantitative estimate of drug-likeness (QED) is 0.845. The Morgan fingerprint density at radius 3 is 2.59 bits per heavy atom. The van der Waals surface area contributed by atoms with E-state index in [1.54, 1.807) is 13.8 Å². The molecule has 0 heterocycles. The number of hydrogen-bond acceptors (Lipinski definition) is 2. The summed E-state index contributed by atoms with van der Waals surface area (Å²) in [5.74, 6) is -1.89. The molecule has 0 saturated carbocycles. The minimum absolute atomic E-state index is 0.227. The van der Waals surface area contributed by atoms with Crippen LogP contribution in [-0.2, 0) is 4.79 Å². The van der Waals surface area contributed by atoms with E-state index in [0.29, 0.717) is 0 Å². The maximum absolute atomic E-state index is 13.4. The first kappa shape index (κ1) is 13.6. The lowest BCUT2D eigenvalue weighted by atomic mass is 10.1. The molecule has 1 amide bonds. The number of hydrogen-bond donors (Lipinski definition) is 2. The number of rotatable bonds is 4. The second kappa shape index (κ2) is 5.72. The monoisotopic (exact) mass is 242 g/mol. The Morgan fingerprint density at radius 2 is 2.06 bits per heavy atom. The average molecular weight is 242 g/mol. The highest BCUT2D eigenvalue weighted by Crippen LogP contribution is 2.17. The van der Waals surface area contributed by atoms with Gasteiger partial charge >= 0.3 is 0 Å². The maximum Gasteiger partial charge on any atom is 0.224 e. The van der Waals surface area contributed by atoms with Gasteiger partial charge in [-0.3, -0.25) is 4.79 Å². The van der Waals surface area contributed by atoms with Crippen molar-refractivity contribution in [2.45, 2.75) is 19.9 Å². The smallest absolute Gasteiger partial charge is 0.224 e. The molecule has 2 atom stereocenters. The molecule has 0 radical (unpaired) electrons. The zero-order valence-electron chi connectivity index (χ0n) is 9.84. The molecule has 3 nitrogen and oxygen atoms in total. The molecule has 1 rings (SSSR count). The first-order chi connectivity index (χ1) is 7.95. The molecule has 1 unspecified atom stereocenters. The van der Waals surface area contributed by atoms with E-state index in [2.05, 4.69) is 5.32 Å². The summed E-state index contributed by atoms with van der Waals surface area (Å²) in [7, 11) is 0. The Labute approximate surface area is 99.0 Å². The van der Waals surface area contributed by atoms with E-state index in [1.807, 2.05) is 0 Å². The summed E-state index contributed by atoms with van der Waals surface area (Å²) >= 11 is 0. The fourth-order valence-corrected chi connectivity index (χ4v) is 1.39. The van der Waals surface area contributed by atoms with Gasteiger partial charge in [-0.05, 0) is 13.0 Å². The van der Waals surface area contributed by atoms with Crippen LogP contribution in [0.4, 0.5) is 8.78 Å². The van der Waals surface area contributed by atoms with E-state index in [0.717, 1.165) is 12.1 Å². The van der Waals surface area contributed by atoms with Crippen molar-refractivity contribution in [2.75, 3.05) is 6.54 Å². The third-order valence-electron chi connectivity index (χ3n) is 2.59. The summed E-state index contributed by atoms with van der Waals surface area (Å²) in [6.07, 6.45) is 0. The Bertz CT molecular complexity index is 409. The van der Waals surface area contributed by atoms with Crippen LogP contribution in [0.3, 0.4) is 0 Å². The van der Waals surface area contributed by atoms with Crippen molar-refractivity contribution in [3.63, 3.8) is 0 Å². The standard InChI is InChI=1S/C12H16F2N2O/c1-7(6-15)12(17)16-8(2)10-4-3-9(13)5-11(10)14/h3-5,7-8H,6,15H2,1-2H3,(H,16,17)/t7?,8-/m1/s1. The molecule has 0 spiro atoms. The van der Waals surface area contributed by atoms with Crippen LogP contribution in [0.2, 0.25) is 0 Å². The van der Waals surface area contributed by atoms with Crippen LogP contribution in [0, 0.1) is 17.6 Å². The van der Waals surface area contributed by atoms with Crippen molar-refractivity contribution in [1.82, 2.24) is 5.32 Å². The lowest BCUT2D eigenvalue weighted by Gasteiger charge is -2.17. The molecule has 1 aromatic carbocycles. The highest BCUT2D eigenvalue weighted by atomic mass is 19.1. The third kappa shape index (κ3) is 3.49. The van der Waals surface area contributed by atoms with Gasteiger partial charge in [-0.25, -0.2) is 8.78 Å². The summed E-state index contributed by atoms with van der Waals surface area (Å²) in [6.45, 7) is 3.55. The molecular weight excluding hydrogens is 226 g/mol. The van der Waals surface area contributed by atoms with Crippen molar-refractivity contribution in [1.29, 1.82) is 0 Å². The Balaban J connectivity index is 2.76. The first-order valence-electron chi connectivity index (χ1n) is 5.41. The Morgan fingerprint density at radius 1 is 1.41 bits per heavy atom. The molecule has 0 aliphatic rings. The summed E-state index contributed by atoms with van der Waals surface area (Å²) in [5.41, 5.74) is 5.61. The number of carbonyl (C=O) groups is 1. The van der Waals surface area contributed by atoms with Gasteiger partial charge in [-0.15, -0.1) is 0 Å². The fraction of sp³-hybridized carbons (Fsp3) is 0.417. The number of carbonyl (C=O) groups excluding carboxylic acids is 1. The van der Waals surface area contributed by atoms with Gasteiger partial charge in [0.15, 0.2) is 0 Å². The van der Waals surface area contributed by atoms with Crippen LogP contribution in [0.15, 0.2) is 18.2 Å². The lowest BCUT2D eigenvalue weighted by molar-refractivity contribution is -0.124. The van der Waals surface area contributed by atoms with Gasteiger partial charge in [-0.1, -0.05) is 13.0 Å². The Hall–Kier alpha value is -1.49. The molecule has 5 heteroatoms. The zero-order chi connectivity index (χ0) is 13.0. The van der Waals surface area contributed by atoms with Gasteiger partial charge in [0.1, 0.15) is 11.6 Å². The van der Waals surface area contributed by atoms with Crippen LogP contribution < -0.4 is 11.1 Å². The Kier molecular flexibility index (Phi) is 4.57. The van der Waals surface area contributed by atoms with Crippen molar-refractivity contribution in [2.24, 2.45) is 11.7 Å². The van der Waals surface area contributed by atoms with Gasteiger partial charge in [0.25, 0.3) is 0 Å². The molecule has 0 saturated heterocycles. The molecule has 0 aliphatic carbocycles. The molecule has 94 valence electrons. The van der Waals surface area contributed by atoms with Crippen molar-refractivity contribution in [3.05, 3.63) is 35.4 Å². The highest BCUT2D eigenvalue weighted by Gasteiger charge is 2.17. The van der Waals surface area contributed by atoms with Gasteiger partial charge in [0.05, 0.1) is 6.04 Å². The zero-order valence-corrected chi connectivity index (χ0v) is 9.84. The van der Waals surface area contributed by atoms with Crippen molar-refractivity contribution >= 4 is 5.91 Å². The molecular formula is C12H16F2N2O. The van der Waals surface area contributed by atoms with E-state index in [9.17, 15) is 13.6 Å². The molecule has 3 N–H and O–H groups in total. The minimum Gasteiger partial charge on any atom is -0.349 e. The number of amides is 1. The van der Waals surface area contributed by atoms with Crippen LogP contribution in [0.5, 0.6) is 0 Å². The molecule has 1 aromatic rings. The van der Waals surface area contributed by atoms with Gasteiger partial charge in [0.2, 0.25) is 5.91 Å². The second-order valence-corrected chi connectivity index (χ2v) is 4.03. The fourth-order valence-electron chi connectivity index (χ4n) is 1.39. The van der Waals surface area contributed by atoms with Crippen molar-refractivity contribution in [3.8, 4) is 0 Å². The summed E-state index contributed by atoms with van der Waals surface area (Å²) in [4.78, 5) is 11.5. The SMILES string of the molecule is CC(CN)C(=O)N[C@H](C)c1ccc(F)cc1F. The van der Waals surface area contributed by atoms with E-state index in [4.69, 9.17) is 5.73 Å². The lowest BCUT2D eigenvalue weighted by Crippen LogP contribution is -2.35. The molecule has 17 heavy (non-hydrogen) atoms. The number of nitrogens with one attached hydrogen (secondary N) is 1. The summed E-state index contributed by atoms with van der Waals surface area (Å²) in [6, 6.07) is 2.76. The van der Waals surface area contributed by atoms with Gasteiger partial charge in [-0.2, -0.15) is 0 Å². The second-order valence-electron chi connectivity index (χ2n) is 4.03. The number of nitrogens with two attached hydrogens (primary N) is 1. The van der Waals surface area contributed by atoms with Gasteiger partial charge < -0.3 is 11.1 Å². The van der Waals surface area contributed by atoms with Crippen molar-refractivity contribution < 1.29 is 13.6 Å². The highest BCUT2D eigenvalue weighted by molar-refractivity contribution is 5.78. The predicted molar refractivity (Wildman–Crippen MR) is 61.1 cm³/mol. The van der Waals surface area contributed by atoms with Gasteiger partial charge in [0, 0.05) is 24.1 Å². The number of benzene rings is 1. The normalized spacial score (nSPS) is 14.2. The van der Waals surface area contributed by atoms with E-state index in [-0.39, 0.29) is 23.9 Å². The van der Waals surface area contributed by atoms with Crippen LogP contribution in [-0.4, -0.2) is 12.5 Å². The summed E-state index contributed by atoms with van der Waals surface area (Å²) in [5, 5.41) is 2.63. The maximum atomic E-state index is 13.4. The number of halogens is 2. The largest absolute Gasteiger partial charge is 0.349 e. The van der Waals surface area contributed by atoms with Crippen LogP contribution in [0.25, 0.3) is 0 Å². The van der Waals surface area contributed by atoms with E-state index in [1.165, 1.54) is 6.07 Å². The third-order valence-corrected chi connectivity index (χ3v) is 2.59. The predicted octanol–water partition coefficient (Wildman–Crippen LogP) is 1.74. The molecule has 0 bridgehead atoms.